The highest BCUT2D eigenvalue weighted by Crippen LogP contribution is 2.20. The zero-order chi connectivity index (χ0) is 10.1. The van der Waals surface area contributed by atoms with Crippen molar-refractivity contribution in [1.82, 2.24) is 0 Å². The molecule has 4 heteroatoms. The van der Waals surface area contributed by atoms with Gasteiger partial charge >= 0.3 is 5.97 Å². The first-order chi connectivity index (χ1) is 6.68. The molecule has 14 heavy (non-hydrogen) atoms. The molecule has 0 radical (unpaired) electrons. The summed E-state index contributed by atoms with van der Waals surface area (Å²) in [7, 11) is 0. The highest BCUT2D eigenvalue weighted by Gasteiger charge is 2.14. The monoisotopic (exact) mass is 191 g/mol. The molecular weight excluding hydrogens is 182 g/mol. The molecule has 0 fully saturated rings. The van der Waals surface area contributed by atoms with Crippen molar-refractivity contribution in [2.24, 2.45) is 5.73 Å². The summed E-state index contributed by atoms with van der Waals surface area (Å²) in [6.45, 7) is 0. The van der Waals surface area contributed by atoms with Crippen LogP contribution in [0.4, 0.5) is 0 Å². The van der Waals surface area contributed by atoms with Crippen molar-refractivity contribution in [2.75, 3.05) is 0 Å². The number of fused-ring (bicyclic) bond motifs is 1. The van der Waals surface area contributed by atoms with Crippen molar-refractivity contribution in [3.05, 3.63) is 36.1 Å². The number of carboxylic acids is 1. The number of hydrogen-bond acceptors (Lipinski definition) is 3. The molecule has 0 spiro atoms. The maximum Gasteiger partial charge on any atom is 0.325 e. The van der Waals surface area contributed by atoms with Gasteiger partial charge in [0.05, 0.1) is 6.26 Å². The topological polar surface area (TPSA) is 76.5 Å². The Kier molecular flexibility index (Phi) is 1.98. The summed E-state index contributed by atoms with van der Waals surface area (Å²) in [5.41, 5.74) is 6.77. The predicted octanol–water partition coefficient (Wildman–Crippen LogP) is 1.52. The summed E-state index contributed by atoms with van der Waals surface area (Å²) in [6, 6.07) is 5.89. The van der Waals surface area contributed by atoms with E-state index in [-0.39, 0.29) is 0 Å². The van der Waals surface area contributed by atoms with Crippen LogP contribution in [0.3, 0.4) is 0 Å². The van der Waals surface area contributed by atoms with Gasteiger partial charge < -0.3 is 15.3 Å². The van der Waals surface area contributed by atoms with Crippen LogP contribution in [0.25, 0.3) is 11.0 Å². The Morgan fingerprint density at radius 1 is 1.43 bits per heavy atom. The molecule has 0 aliphatic carbocycles. The van der Waals surface area contributed by atoms with Crippen LogP contribution in [0.5, 0.6) is 0 Å². The van der Waals surface area contributed by atoms with Crippen LogP contribution in [-0.2, 0) is 4.79 Å². The van der Waals surface area contributed by atoms with Gasteiger partial charge in [-0.2, -0.15) is 0 Å². The summed E-state index contributed by atoms with van der Waals surface area (Å²) in [6.07, 6.45) is 1.56. The summed E-state index contributed by atoms with van der Waals surface area (Å²) in [5.74, 6) is -1.03. The second-order valence-electron chi connectivity index (χ2n) is 3.03. The van der Waals surface area contributed by atoms with E-state index in [1.165, 1.54) is 0 Å². The van der Waals surface area contributed by atoms with E-state index in [0.717, 1.165) is 11.0 Å². The van der Waals surface area contributed by atoms with E-state index in [1.54, 1.807) is 30.5 Å². The van der Waals surface area contributed by atoms with Gasteiger partial charge in [0, 0.05) is 5.39 Å². The summed E-state index contributed by atoms with van der Waals surface area (Å²) < 4.78 is 5.12. The zero-order valence-corrected chi connectivity index (χ0v) is 7.31. The van der Waals surface area contributed by atoms with Crippen LogP contribution in [0.1, 0.15) is 11.6 Å². The molecule has 0 aliphatic heterocycles. The lowest BCUT2D eigenvalue weighted by Crippen LogP contribution is -2.20. The van der Waals surface area contributed by atoms with Gasteiger partial charge in [0.1, 0.15) is 11.6 Å². The van der Waals surface area contributed by atoms with Gasteiger partial charge in [-0.1, -0.05) is 6.07 Å². The molecule has 1 aromatic carbocycles. The fraction of sp³-hybridized carbons (Fsp3) is 0.100. The Balaban J connectivity index is 2.48. The number of carboxylic acid groups (broad SMARTS) is 1. The van der Waals surface area contributed by atoms with Crippen molar-refractivity contribution >= 4 is 16.9 Å². The van der Waals surface area contributed by atoms with E-state index < -0.39 is 12.0 Å². The number of carbonyl (C=O) groups is 1. The molecule has 1 unspecified atom stereocenters. The molecule has 0 amide bonds. The smallest absolute Gasteiger partial charge is 0.325 e. The van der Waals surface area contributed by atoms with E-state index in [2.05, 4.69) is 0 Å². The Morgan fingerprint density at radius 3 is 2.93 bits per heavy atom. The molecule has 0 bridgehead atoms. The predicted molar refractivity (Wildman–Crippen MR) is 50.8 cm³/mol. The first kappa shape index (κ1) is 8.77. The Morgan fingerprint density at radius 2 is 2.21 bits per heavy atom. The first-order valence-electron chi connectivity index (χ1n) is 4.14. The summed E-state index contributed by atoms with van der Waals surface area (Å²) in [5, 5.41) is 9.57. The number of nitrogens with two attached hydrogens (primary N) is 1. The molecule has 0 aliphatic rings. The quantitative estimate of drug-likeness (QED) is 0.754. The van der Waals surface area contributed by atoms with Crippen LogP contribution in [-0.4, -0.2) is 11.1 Å². The second kappa shape index (κ2) is 3.16. The zero-order valence-electron chi connectivity index (χ0n) is 7.31. The fourth-order valence-corrected chi connectivity index (χ4v) is 1.32. The molecule has 72 valence electrons. The minimum atomic E-state index is -1.03. The summed E-state index contributed by atoms with van der Waals surface area (Å²) >= 11 is 0. The van der Waals surface area contributed by atoms with E-state index in [0.29, 0.717) is 5.56 Å². The lowest BCUT2D eigenvalue weighted by atomic mass is 10.1. The van der Waals surface area contributed by atoms with Gasteiger partial charge in [-0.15, -0.1) is 0 Å². The normalized spacial score (nSPS) is 12.9. The number of rotatable bonds is 2. The number of hydrogen-bond donors (Lipinski definition) is 2. The first-order valence-corrected chi connectivity index (χ1v) is 4.14. The maximum atomic E-state index is 10.6. The van der Waals surface area contributed by atoms with Crippen LogP contribution >= 0.6 is 0 Å². The second-order valence-corrected chi connectivity index (χ2v) is 3.03. The van der Waals surface area contributed by atoms with Crippen LogP contribution in [0.2, 0.25) is 0 Å². The van der Waals surface area contributed by atoms with Crippen LogP contribution < -0.4 is 5.73 Å². The Bertz CT molecular complexity index is 475. The molecule has 0 saturated carbocycles. The number of furan rings is 1. The highest BCUT2D eigenvalue weighted by atomic mass is 16.4. The van der Waals surface area contributed by atoms with Gasteiger partial charge in [-0.3, -0.25) is 4.79 Å². The van der Waals surface area contributed by atoms with E-state index in [9.17, 15) is 4.79 Å². The molecular formula is C10H9NO3. The Hall–Kier alpha value is -1.81. The highest BCUT2D eigenvalue weighted by molar-refractivity contribution is 5.81. The van der Waals surface area contributed by atoms with Crippen molar-refractivity contribution in [1.29, 1.82) is 0 Å². The minimum absolute atomic E-state index is 0.575. The molecule has 3 N–H and O–H groups in total. The van der Waals surface area contributed by atoms with Crippen LogP contribution in [0.15, 0.2) is 34.9 Å². The van der Waals surface area contributed by atoms with E-state index in [4.69, 9.17) is 15.3 Å². The SMILES string of the molecule is NC(C(=O)O)c1ccc2occc2c1. The molecule has 2 aromatic rings. The summed E-state index contributed by atoms with van der Waals surface area (Å²) in [4.78, 5) is 10.6. The van der Waals surface area contributed by atoms with Crippen molar-refractivity contribution in [3.8, 4) is 0 Å². The van der Waals surface area contributed by atoms with E-state index >= 15 is 0 Å². The van der Waals surface area contributed by atoms with Gasteiger partial charge in [0.15, 0.2) is 0 Å². The molecule has 1 atom stereocenters. The van der Waals surface area contributed by atoms with Crippen LogP contribution in [0, 0.1) is 0 Å². The lowest BCUT2D eigenvalue weighted by Gasteiger charge is -2.05. The average Bonchev–Trinajstić information content (AvgIpc) is 2.62. The number of aliphatic carboxylic acids is 1. The molecule has 2 rings (SSSR count). The molecule has 1 heterocycles. The standard InChI is InChI=1S/C10H9NO3/c11-9(10(12)13)7-1-2-8-6(5-7)3-4-14-8/h1-5,9H,11H2,(H,12,13). The minimum Gasteiger partial charge on any atom is -0.480 e. The third-order valence-electron chi connectivity index (χ3n) is 2.10. The third-order valence-corrected chi connectivity index (χ3v) is 2.10. The maximum absolute atomic E-state index is 10.6. The van der Waals surface area contributed by atoms with Gasteiger partial charge in [0.25, 0.3) is 0 Å². The average molecular weight is 191 g/mol. The largest absolute Gasteiger partial charge is 0.480 e. The molecule has 0 saturated heterocycles. The van der Waals surface area contributed by atoms with Crippen molar-refractivity contribution < 1.29 is 14.3 Å². The third kappa shape index (κ3) is 1.36. The van der Waals surface area contributed by atoms with E-state index in [1.807, 2.05) is 0 Å². The lowest BCUT2D eigenvalue weighted by molar-refractivity contribution is -0.138. The molecule has 4 nitrogen and oxygen atoms in total. The van der Waals surface area contributed by atoms with Gasteiger partial charge in [-0.25, -0.2) is 0 Å². The Labute approximate surface area is 79.9 Å². The molecule has 1 aromatic heterocycles. The van der Waals surface area contributed by atoms with Gasteiger partial charge in [-0.05, 0) is 23.8 Å². The fourth-order valence-electron chi connectivity index (χ4n) is 1.32. The van der Waals surface area contributed by atoms with Crippen molar-refractivity contribution in [3.63, 3.8) is 0 Å². The van der Waals surface area contributed by atoms with Gasteiger partial charge in [0.2, 0.25) is 0 Å². The number of benzene rings is 1. The van der Waals surface area contributed by atoms with Crippen molar-refractivity contribution in [2.45, 2.75) is 6.04 Å².